The third kappa shape index (κ3) is 5.72. The molecule has 0 radical (unpaired) electrons. The highest BCUT2D eigenvalue weighted by atomic mass is 19.3. The molecule has 24 heavy (non-hydrogen) atoms. The standard InChI is InChI=1S/C17H25F2N3O2/c18-16(19)13-21-8-10-22(11-9-21)17(24)20-15(7-4-12-23)14-5-2-1-3-6-14/h1-3,5-6,15-16,23H,4,7-13H2,(H,20,24). The lowest BCUT2D eigenvalue weighted by Gasteiger charge is -2.35. The monoisotopic (exact) mass is 341 g/mol. The van der Waals surface area contributed by atoms with Crippen LogP contribution in [0.15, 0.2) is 30.3 Å². The van der Waals surface area contributed by atoms with Crippen LogP contribution in [-0.2, 0) is 0 Å². The second-order valence-corrected chi connectivity index (χ2v) is 5.96. The van der Waals surface area contributed by atoms with E-state index >= 15 is 0 Å². The fourth-order valence-electron chi connectivity index (χ4n) is 2.87. The molecule has 5 nitrogen and oxygen atoms in total. The molecule has 0 bridgehead atoms. The summed E-state index contributed by atoms with van der Waals surface area (Å²) in [5.41, 5.74) is 0.996. The van der Waals surface area contributed by atoms with Gasteiger partial charge in [0, 0.05) is 32.8 Å². The third-order valence-electron chi connectivity index (χ3n) is 4.21. The van der Waals surface area contributed by atoms with Gasteiger partial charge in [0.2, 0.25) is 0 Å². The highest BCUT2D eigenvalue weighted by molar-refractivity contribution is 5.74. The van der Waals surface area contributed by atoms with Gasteiger partial charge < -0.3 is 15.3 Å². The molecule has 0 aliphatic carbocycles. The molecule has 1 saturated heterocycles. The minimum Gasteiger partial charge on any atom is -0.396 e. The fraction of sp³-hybridized carbons (Fsp3) is 0.588. The average Bonchev–Trinajstić information content (AvgIpc) is 2.59. The van der Waals surface area contributed by atoms with E-state index in [2.05, 4.69) is 5.32 Å². The van der Waals surface area contributed by atoms with Gasteiger partial charge in [-0.1, -0.05) is 30.3 Å². The quantitative estimate of drug-likeness (QED) is 0.798. The van der Waals surface area contributed by atoms with Crippen LogP contribution in [0, 0.1) is 0 Å². The van der Waals surface area contributed by atoms with Crippen LogP contribution in [0.2, 0.25) is 0 Å². The lowest BCUT2D eigenvalue weighted by molar-refractivity contribution is 0.0632. The lowest BCUT2D eigenvalue weighted by Crippen LogP contribution is -2.53. The SMILES string of the molecule is O=C(NC(CCCO)c1ccccc1)N1CCN(CC(F)F)CC1. The maximum atomic E-state index is 12.5. The second kappa shape index (κ2) is 9.54. The van der Waals surface area contributed by atoms with E-state index < -0.39 is 6.43 Å². The van der Waals surface area contributed by atoms with Crippen LogP contribution in [-0.4, -0.2) is 66.7 Å². The van der Waals surface area contributed by atoms with Crippen LogP contribution < -0.4 is 5.32 Å². The molecule has 0 saturated carbocycles. The van der Waals surface area contributed by atoms with Crippen LogP contribution in [0.1, 0.15) is 24.4 Å². The van der Waals surface area contributed by atoms with Gasteiger partial charge in [0.25, 0.3) is 6.43 Å². The zero-order valence-corrected chi connectivity index (χ0v) is 13.7. The van der Waals surface area contributed by atoms with E-state index in [-0.39, 0.29) is 25.2 Å². The summed E-state index contributed by atoms with van der Waals surface area (Å²) in [4.78, 5) is 15.8. The van der Waals surface area contributed by atoms with Crippen LogP contribution >= 0.6 is 0 Å². The normalized spacial score (nSPS) is 17.1. The number of hydrogen-bond donors (Lipinski definition) is 2. The Morgan fingerprint density at radius 3 is 2.42 bits per heavy atom. The van der Waals surface area contributed by atoms with Crippen molar-refractivity contribution in [2.24, 2.45) is 0 Å². The van der Waals surface area contributed by atoms with Crippen molar-refractivity contribution in [1.29, 1.82) is 0 Å². The maximum absolute atomic E-state index is 12.5. The van der Waals surface area contributed by atoms with Crippen LogP contribution in [0.3, 0.4) is 0 Å². The summed E-state index contributed by atoms with van der Waals surface area (Å²) >= 11 is 0. The number of benzene rings is 1. The summed E-state index contributed by atoms with van der Waals surface area (Å²) < 4.78 is 24.8. The first kappa shape index (κ1) is 18.6. The Hall–Kier alpha value is -1.73. The van der Waals surface area contributed by atoms with E-state index in [0.717, 1.165) is 5.56 Å². The van der Waals surface area contributed by atoms with Crippen molar-refractivity contribution in [3.63, 3.8) is 0 Å². The van der Waals surface area contributed by atoms with Crippen molar-refractivity contribution in [1.82, 2.24) is 15.1 Å². The number of halogens is 2. The molecule has 1 unspecified atom stereocenters. The van der Waals surface area contributed by atoms with Crippen molar-refractivity contribution in [2.75, 3.05) is 39.3 Å². The molecule has 134 valence electrons. The fourth-order valence-corrected chi connectivity index (χ4v) is 2.87. The topological polar surface area (TPSA) is 55.8 Å². The van der Waals surface area contributed by atoms with Gasteiger partial charge >= 0.3 is 6.03 Å². The minimum atomic E-state index is -2.34. The number of urea groups is 1. The summed E-state index contributed by atoms with van der Waals surface area (Å²) in [5.74, 6) is 0. The van der Waals surface area contributed by atoms with Gasteiger partial charge in [-0.3, -0.25) is 4.90 Å². The molecule has 0 aromatic heterocycles. The van der Waals surface area contributed by atoms with Gasteiger partial charge in [-0.2, -0.15) is 0 Å². The summed E-state index contributed by atoms with van der Waals surface area (Å²) in [5, 5.41) is 12.1. The van der Waals surface area contributed by atoms with Gasteiger partial charge in [0.15, 0.2) is 0 Å². The van der Waals surface area contributed by atoms with Crippen molar-refractivity contribution >= 4 is 6.03 Å². The van der Waals surface area contributed by atoms with Crippen LogP contribution in [0.4, 0.5) is 13.6 Å². The first-order valence-corrected chi connectivity index (χ1v) is 8.32. The molecule has 2 N–H and O–H groups in total. The summed E-state index contributed by atoms with van der Waals surface area (Å²) in [7, 11) is 0. The second-order valence-electron chi connectivity index (χ2n) is 5.96. The number of nitrogens with zero attached hydrogens (tertiary/aromatic N) is 2. The Kier molecular flexibility index (Phi) is 7.39. The number of aliphatic hydroxyl groups excluding tert-OH is 1. The minimum absolute atomic E-state index is 0.0749. The van der Waals surface area contributed by atoms with E-state index in [4.69, 9.17) is 5.11 Å². The number of amides is 2. The van der Waals surface area contributed by atoms with Gasteiger partial charge in [0.05, 0.1) is 12.6 Å². The maximum Gasteiger partial charge on any atom is 0.317 e. The predicted molar refractivity (Wildman–Crippen MR) is 88.1 cm³/mol. The van der Waals surface area contributed by atoms with Gasteiger partial charge in [-0.05, 0) is 18.4 Å². The molecule has 0 spiro atoms. The van der Waals surface area contributed by atoms with Gasteiger partial charge in [0.1, 0.15) is 0 Å². The van der Waals surface area contributed by atoms with Crippen molar-refractivity contribution in [3.8, 4) is 0 Å². The Morgan fingerprint density at radius 1 is 1.17 bits per heavy atom. The number of alkyl halides is 2. The van der Waals surface area contributed by atoms with Crippen LogP contribution in [0.5, 0.6) is 0 Å². The van der Waals surface area contributed by atoms with E-state index in [9.17, 15) is 13.6 Å². The number of hydrogen-bond acceptors (Lipinski definition) is 3. The number of carbonyl (C=O) groups is 1. The van der Waals surface area contributed by atoms with Crippen molar-refractivity contribution in [3.05, 3.63) is 35.9 Å². The summed E-state index contributed by atoms with van der Waals surface area (Å²) in [6, 6.07) is 9.29. The molecule has 1 fully saturated rings. The average molecular weight is 341 g/mol. The number of rotatable bonds is 7. The highest BCUT2D eigenvalue weighted by Crippen LogP contribution is 2.19. The Morgan fingerprint density at radius 2 is 1.83 bits per heavy atom. The van der Waals surface area contributed by atoms with Crippen LogP contribution in [0.25, 0.3) is 0 Å². The molecular formula is C17H25F2N3O2. The van der Waals surface area contributed by atoms with Crippen molar-refractivity contribution in [2.45, 2.75) is 25.3 Å². The molecular weight excluding hydrogens is 316 g/mol. The Bertz CT molecular complexity index is 494. The zero-order valence-electron chi connectivity index (χ0n) is 13.7. The zero-order chi connectivity index (χ0) is 17.4. The highest BCUT2D eigenvalue weighted by Gasteiger charge is 2.24. The molecule has 1 aliphatic rings. The Balaban J connectivity index is 1.89. The Labute approximate surface area is 141 Å². The lowest BCUT2D eigenvalue weighted by atomic mass is 10.0. The number of aliphatic hydroxyl groups is 1. The number of piperazine rings is 1. The molecule has 2 amide bonds. The molecule has 7 heteroatoms. The molecule has 1 atom stereocenters. The van der Waals surface area contributed by atoms with E-state index in [1.807, 2.05) is 30.3 Å². The molecule has 1 aromatic carbocycles. The van der Waals surface area contributed by atoms with Crippen molar-refractivity contribution < 1.29 is 18.7 Å². The summed E-state index contributed by atoms with van der Waals surface area (Å²) in [6.07, 6.45) is -1.09. The smallest absolute Gasteiger partial charge is 0.317 e. The van der Waals surface area contributed by atoms with E-state index in [1.165, 1.54) is 0 Å². The van der Waals surface area contributed by atoms with Gasteiger partial charge in [-0.15, -0.1) is 0 Å². The van der Waals surface area contributed by atoms with Gasteiger partial charge in [-0.25, -0.2) is 13.6 Å². The molecule has 2 rings (SSSR count). The number of nitrogens with one attached hydrogen (secondary N) is 1. The molecule has 1 heterocycles. The predicted octanol–water partition coefficient (Wildman–Crippen LogP) is 2.09. The first-order chi connectivity index (χ1) is 11.6. The van der Waals surface area contributed by atoms with E-state index in [1.54, 1.807) is 9.80 Å². The van der Waals surface area contributed by atoms with E-state index in [0.29, 0.717) is 39.0 Å². The third-order valence-corrected chi connectivity index (χ3v) is 4.21. The summed E-state index contributed by atoms with van der Waals surface area (Å²) in [6.45, 7) is 1.65. The molecule has 1 aliphatic heterocycles. The largest absolute Gasteiger partial charge is 0.396 e. The number of carbonyl (C=O) groups excluding carboxylic acids is 1. The molecule has 1 aromatic rings. The first-order valence-electron chi connectivity index (χ1n) is 8.32.